The molecule has 0 fully saturated rings. The van der Waals surface area contributed by atoms with Crippen LogP contribution in [0.3, 0.4) is 0 Å². The fourth-order valence-electron chi connectivity index (χ4n) is 2.05. The van der Waals surface area contributed by atoms with Crippen LogP contribution in [0.25, 0.3) is 0 Å². The fraction of sp³-hybridized carbons (Fsp3) is 0.600. The summed E-state index contributed by atoms with van der Waals surface area (Å²) in [6.07, 6.45) is 3.68. The summed E-state index contributed by atoms with van der Waals surface area (Å²) in [7, 11) is 0. The molecule has 0 saturated heterocycles. The molecule has 2 heteroatoms. The summed E-state index contributed by atoms with van der Waals surface area (Å²) >= 11 is 3.53. The maximum absolute atomic E-state index is 3.59. The molecule has 1 aromatic carbocycles. The first-order chi connectivity index (χ1) is 8.11. The minimum absolute atomic E-state index is 0.608. The van der Waals surface area contributed by atoms with E-state index in [1.165, 1.54) is 22.9 Å². The molecule has 0 aliphatic heterocycles. The van der Waals surface area contributed by atoms with Crippen LogP contribution in [0.5, 0.6) is 0 Å². The van der Waals surface area contributed by atoms with Crippen LogP contribution >= 0.6 is 15.9 Å². The predicted octanol–water partition coefficient (Wildman–Crippen LogP) is 4.41. The van der Waals surface area contributed by atoms with Crippen molar-refractivity contribution in [2.45, 2.75) is 46.1 Å². The number of benzene rings is 1. The highest BCUT2D eigenvalue weighted by atomic mass is 79.9. The third-order valence-corrected chi connectivity index (χ3v) is 3.45. The Morgan fingerprint density at radius 2 is 2.00 bits per heavy atom. The van der Waals surface area contributed by atoms with E-state index in [1.54, 1.807) is 0 Å². The van der Waals surface area contributed by atoms with Gasteiger partial charge >= 0.3 is 0 Å². The Labute approximate surface area is 114 Å². The normalized spacial score (nSPS) is 13.0. The molecule has 17 heavy (non-hydrogen) atoms. The van der Waals surface area contributed by atoms with Gasteiger partial charge in [-0.2, -0.15) is 0 Å². The molecular weight excluding hydrogens is 274 g/mol. The molecule has 1 atom stereocenters. The lowest BCUT2D eigenvalue weighted by molar-refractivity contribution is 0.434. The Kier molecular flexibility index (Phi) is 6.83. The van der Waals surface area contributed by atoms with E-state index in [4.69, 9.17) is 0 Å². The highest BCUT2D eigenvalue weighted by Gasteiger charge is 2.09. The molecule has 0 saturated carbocycles. The van der Waals surface area contributed by atoms with Crippen LogP contribution in [0.4, 0.5) is 0 Å². The average Bonchev–Trinajstić information content (AvgIpc) is 2.26. The fourth-order valence-corrected chi connectivity index (χ4v) is 2.49. The van der Waals surface area contributed by atoms with Crippen molar-refractivity contribution >= 4 is 15.9 Å². The first-order valence-electron chi connectivity index (χ1n) is 6.59. The lowest BCUT2D eigenvalue weighted by Crippen LogP contribution is -2.31. The molecule has 0 radical (unpaired) electrons. The lowest BCUT2D eigenvalue weighted by Gasteiger charge is -2.19. The highest BCUT2D eigenvalue weighted by Crippen LogP contribution is 2.15. The molecule has 1 unspecified atom stereocenters. The topological polar surface area (TPSA) is 12.0 Å². The first kappa shape index (κ1) is 14.7. The molecule has 1 rings (SSSR count). The number of nitrogens with one attached hydrogen (secondary N) is 1. The number of hydrogen-bond acceptors (Lipinski definition) is 1. The van der Waals surface area contributed by atoms with Gasteiger partial charge in [0.15, 0.2) is 0 Å². The van der Waals surface area contributed by atoms with E-state index in [0.717, 1.165) is 18.9 Å². The van der Waals surface area contributed by atoms with Crippen molar-refractivity contribution in [3.63, 3.8) is 0 Å². The summed E-state index contributed by atoms with van der Waals surface area (Å²) in [6, 6.07) is 9.24. The van der Waals surface area contributed by atoms with E-state index >= 15 is 0 Å². The van der Waals surface area contributed by atoms with Crippen LogP contribution in [-0.4, -0.2) is 12.6 Å². The van der Waals surface area contributed by atoms with Gasteiger partial charge in [-0.25, -0.2) is 0 Å². The van der Waals surface area contributed by atoms with Crippen molar-refractivity contribution < 1.29 is 0 Å². The Balaban J connectivity index is 2.53. The minimum atomic E-state index is 0.608. The summed E-state index contributed by atoms with van der Waals surface area (Å²) in [5.41, 5.74) is 1.41. The molecule has 0 spiro atoms. The van der Waals surface area contributed by atoms with Crippen LogP contribution in [-0.2, 0) is 6.42 Å². The van der Waals surface area contributed by atoms with E-state index in [2.05, 4.69) is 66.3 Å². The third kappa shape index (κ3) is 6.23. The molecular formula is C15H24BrN. The summed E-state index contributed by atoms with van der Waals surface area (Å²) in [6.45, 7) is 7.82. The van der Waals surface area contributed by atoms with Crippen molar-refractivity contribution in [1.29, 1.82) is 0 Å². The van der Waals surface area contributed by atoms with Gasteiger partial charge in [-0.3, -0.25) is 0 Å². The maximum atomic E-state index is 3.59. The molecule has 0 bridgehead atoms. The summed E-state index contributed by atoms with van der Waals surface area (Å²) in [5.74, 6) is 0.790. The third-order valence-electron chi connectivity index (χ3n) is 2.96. The van der Waals surface area contributed by atoms with Gasteiger partial charge in [0, 0.05) is 10.5 Å². The van der Waals surface area contributed by atoms with Gasteiger partial charge < -0.3 is 5.32 Å². The minimum Gasteiger partial charge on any atom is -0.314 e. The largest absolute Gasteiger partial charge is 0.314 e. The van der Waals surface area contributed by atoms with E-state index in [9.17, 15) is 0 Å². The molecule has 96 valence electrons. The molecule has 1 nitrogen and oxygen atoms in total. The SMILES string of the molecule is CCNC(CCC(C)C)Cc1cccc(Br)c1. The zero-order valence-corrected chi connectivity index (χ0v) is 12.8. The van der Waals surface area contributed by atoms with Crippen molar-refractivity contribution in [2.75, 3.05) is 6.54 Å². The quantitative estimate of drug-likeness (QED) is 0.786. The smallest absolute Gasteiger partial charge is 0.0178 e. The summed E-state index contributed by atoms with van der Waals surface area (Å²) < 4.78 is 1.18. The molecule has 1 aromatic rings. The summed E-state index contributed by atoms with van der Waals surface area (Å²) in [5, 5.41) is 3.59. The number of likely N-dealkylation sites (N-methyl/N-ethyl adjacent to an activating group) is 1. The highest BCUT2D eigenvalue weighted by molar-refractivity contribution is 9.10. The van der Waals surface area contributed by atoms with Gasteiger partial charge in [0.2, 0.25) is 0 Å². The second-order valence-corrected chi connectivity index (χ2v) is 5.98. The van der Waals surface area contributed by atoms with Crippen LogP contribution in [0.1, 0.15) is 39.2 Å². The molecule has 0 aromatic heterocycles. The standard InChI is InChI=1S/C15H24BrN/c1-4-17-15(9-8-12(2)3)11-13-6-5-7-14(16)10-13/h5-7,10,12,15,17H,4,8-9,11H2,1-3H3. The molecule has 0 amide bonds. The van der Waals surface area contributed by atoms with Crippen molar-refractivity contribution in [3.8, 4) is 0 Å². The Morgan fingerprint density at radius 1 is 1.24 bits per heavy atom. The van der Waals surface area contributed by atoms with Crippen molar-refractivity contribution in [2.24, 2.45) is 5.92 Å². The van der Waals surface area contributed by atoms with Crippen LogP contribution in [0.15, 0.2) is 28.7 Å². The zero-order chi connectivity index (χ0) is 12.7. The first-order valence-corrected chi connectivity index (χ1v) is 7.39. The second-order valence-electron chi connectivity index (χ2n) is 5.06. The number of halogens is 1. The lowest BCUT2D eigenvalue weighted by atomic mass is 9.98. The van der Waals surface area contributed by atoms with E-state index < -0.39 is 0 Å². The van der Waals surface area contributed by atoms with Crippen molar-refractivity contribution in [1.82, 2.24) is 5.32 Å². The molecule has 0 aliphatic rings. The molecule has 1 N–H and O–H groups in total. The Morgan fingerprint density at radius 3 is 2.59 bits per heavy atom. The van der Waals surface area contributed by atoms with Gasteiger partial charge in [-0.05, 0) is 49.4 Å². The number of hydrogen-bond donors (Lipinski definition) is 1. The predicted molar refractivity (Wildman–Crippen MR) is 79.4 cm³/mol. The summed E-state index contributed by atoms with van der Waals surface area (Å²) in [4.78, 5) is 0. The Bertz CT molecular complexity index is 322. The van der Waals surface area contributed by atoms with E-state index in [-0.39, 0.29) is 0 Å². The van der Waals surface area contributed by atoms with Gasteiger partial charge in [0.1, 0.15) is 0 Å². The van der Waals surface area contributed by atoms with Gasteiger partial charge in [-0.1, -0.05) is 48.8 Å². The maximum Gasteiger partial charge on any atom is 0.0178 e. The zero-order valence-electron chi connectivity index (χ0n) is 11.2. The Hall–Kier alpha value is -0.340. The monoisotopic (exact) mass is 297 g/mol. The van der Waals surface area contributed by atoms with Crippen LogP contribution in [0.2, 0.25) is 0 Å². The second kappa shape index (κ2) is 7.88. The molecule has 0 aliphatic carbocycles. The van der Waals surface area contributed by atoms with Crippen molar-refractivity contribution in [3.05, 3.63) is 34.3 Å². The van der Waals surface area contributed by atoms with E-state index in [0.29, 0.717) is 6.04 Å². The van der Waals surface area contributed by atoms with Crippen LogP contribution in [0, 0.1) is 5.92 Å². The van der Waals surface area contributed by atoms with Crippen LogP contribution < -0.4 is 5.32 Å². The van der Waals surface area contributed by atoms with Gasteiger partial charge in [0.25, 0.3) is 0 Å². The van der Waals surface area contributed by atoms with E-state index in [1.807, 2.05) is 0 Å². The number of rotatable bonds is 7. The molecule has 0 heterocycles. The van der Waals surface area contributed by atoms with Gasteiger partial charge in [0.05, 0.1) is 0 Å². The average molecular weight is 298 g/mol. The van der Waals surface area contributed by atoms with Gasteiger partial charge in [-0.15, -0.1) is 0 Å².